The normalized spacial score (nSPS) is 10.4. The van der Waals surface area contributed by atoms with Crippen LogP contribution < -0.4 is 5.32 Å². The van der Waals surface area contributed by atoms with Gasteiger partial charge in [0.15, 0.2) is 5.57 Å². The fourth-order valence-electron chi connectivity index (χ4n) is 1.21. The van der Waals surface area contributed by atoms with Crippen molar-refractivity contribution in [3.8, 4) is 6.07 Å². The lowest BCUT2D eigenvalue weighted by Crippen LogP contribution is -2.07. The summed E-state index contributed by atoms with van der Waals surface area (Å²) < 4.78 is 4.67. The van der Waals surface area contributed by atoms with E-state index in [1.165, 1.54) is 18.2 Å². The molecule has 1 N–H and O–H groups in total. The topological polar surface area (TPSA) is 105 Å². The molecule has 0 amide bonds. The third-order valence-corrected chi connectivity index (χ3v) is 2.06. The highest BCUT2D eigenvalue weighted by molar-refractivity contribution is 5.93. The summed E-state index contributed by atoms with van der Waals surface area (Å²) in [6.07, 6.45) is 1.15. The highest BCUT2D eigenvalue weighted by Gasteiger charge is 2.10. The van der Waals surface area contributed by atoms with Crippen LogP contribution in [0, 0.1) is 21.4 Å². The summed E-state index contributed by atoms with van der Waals surface area (Å²) in [6, 6.07) is 7.38. The Balaban J connectivity index is 2.84. The second-order valence-corrected chi connectivity index (χ2v) is 3.34. The Bertz CT molecular complexity index is 560. The number of nitrogens with one attached hydrogen (secondary N) is 1. The van der Waals surface area contributed by atoms with E-state index < -0.39 is 10.9 Å². The Hall–Kier alpha value is -2.88. The molecule has 98 valence electrons. The summed E-state index contributed by atoms with van der Waals surface area (Å²) in [5.41, 5.74) is 0.0904. The molecule has 0 aliphatic heterocycles. The van der Waals surface area contributed by atoms with Crippen molar-refractivity contribution in [2.24, 2.45) is 0 Å². The van der Waals surface area contributed by atoms with Gasteiger partial charge in [-0.05, 0) is 13.0 Å². The standard InChI is InChI=1S/C12H11N3O4/c1-2-19-12(16)9(7-13)8-14-10-4-3-5-11(6-10)15(17)18/h3-6,8,14H,2H2,1H3. The zero-order chi connectivity index (χ0) is 14.3. The van der Waals surface area contributed by atoms with Crippen LogP contribution in [0.3, 0.4) is 0 Å². The number of rotatable bonds is 5. The molecule has 0 bridgehead atoms. The predicted octanol–water partition coefficient (Wildman–Crippen LogP) is 1.98. The van der Waals surface area contributed by atoms with Gasteiger partial charge in [0.05, 0.1) is 11.5 Å². The molecule has 0 aliphatic carbocycles. The Labute approximate surface area is 109 Å². The minimum Gasteiger partial charge on any atom is -0.462 e. The average molecular weight is 261 g/mol. The first-order valence-corrected chi connectivity index (χ1v) is 5.37. The molecule has 0 saturated heterocycles. The molecular formula is C12H11N3O4. The Morgan fingerprint density at radius 2 is 2.37 bits per heavy atom. The van der Waals surface area contributed by atoms with Gasteiger partial charge < -0.3 is 10.1 Å². The van der Waals surface area contributed by atoms with Gasteiger partial charge in [0.2, 0.25) is 0 Å². The van der Waals surface area contributed by atoms with Crippen LogP contribution in [-0.2, 0) is 9.53 Å². The molecule has 0 saturated carbocycles. The number of benzene rings is 1. The molecule has 0 aliphatic rings. The van der Waals surface area contributed by atoms with E-state index in [0.717, 1.165) is 6.20 Å². The molecular weight excluding hydrogens is 250 g/mol. The van der Waals surface area contributed by atoms with Crippen molar-refractivity contribution in [1.82, 2.24) is 0 Å². The molecule has 0 atom stereocenters. The molecule has 0 fully saturated rings. The van der Waals surface area contributed by atoms with Crippen LogP contribution in [0.4, 0.5) is 11.4 Å². The average Bonchev–Trinajstić information content (AvgIpc) is 2.40. The largest absolute Gasteiger partial charge is 0.462 e. The van der Waals surface area contributed by atoms with Gasteiger partial charge in [0.25, 0.3) is 5.69 Å². The fraction of sp³-hybridized carbons (Fsp3) is 0.167. The summed E-state index contributed by atoms with van der Waals surface area (Å²) in [5, 5.41) is 22.0. The van der Waals surface area contributed by atoms with Crippen molar-refractivity contribution in [2.75, 3.05) is 11.9 Å². The fourth-order valence-corrected chi connectivity index (χ4v) is 1.21. The van der Waals surface area contributed by atoms with E-state index in [2.05, 4.69) is 10.1 Å². The smallest absolute Gasteiger partial charge is 0.350 e. The Morgan fingerprint density at radius 1 is 1.63 bits per heavy atom. The molecule has 1 aromatic carbocycles. The van der Waals surface area contributed by atoms with E-state index in [1.807, 2.05) is 0 Å². The maximum atomic E-state index is 11.3. The number of hydrogen-bond acceptors (Lipinski definition) is 6. The molecule has 7 nitrogen and oxygen atoms in total. The van der Waals surface area contributed by atoms with Crippen LogP contribution in [0.25, 0.3) is 0 Å². The highest BCUT2D eigenvalue weighted by Crippen LogP contribution is 2.17. The van der Waals surface area contributed by atoms with E-state index in [1.54, 1.807) is 19.1 Å². The molecule has 19 heavy (non-hydrogen) atoms. The minimum atomic E-state index is -0.747. The Kier molecular flexibility index (Phi) is 5.04. The number of non-ortho nitro benzene ring substituents is 1. The van der Waals surface area contributed by atoms with E-state index in [0.29, 0.717) is 5.69 Å². The van der Waals surface area contributed by atoms with Gasteiger partial charge in [-0.15, -0.1) is 0 Å². The SMILES string of the molecule is CCOC(=O)C(C#N)=CNc1cccc([N+](=O)[O-])c1. The molecule has 1 rings (SSSR count). The zero-order valence-corrected chi connectivity index (χ0v) is 10.1. The molecule has 0 radical (unpaired) electrons. The van der Waals surface area contributed by atoms with Gasteiger partial charge in [-0.1, -0.05) is 6.07 Å². The number of nitrogens with zero attached hydrogens (tertiary/aromatic N) is 2. The lowest BCUT2D eigenvalue weighted by atomic mass is 10.2. The number of ether oxygens (including phenoxy) is 1. The molecule has 7 heteroatoms. The quantitative estimate of drug-likeness (QED) is 0.285. The summed E-state index contributed by atoms with van der Waals surface area (Å²) in [4.78, 5) is 21.3. The van der Waals surface area contributed by atoms with E-state index in [-0.39, 0.29) is 17.9 Å². The van der Waals surface area contributed by atoms with Gasteiger partial charge in [-0.25, -0.2) is 4.79 Å². The van der Waals surface area contributed by atoms with Crippen LogP contribution >= 0.6 is 0 Å². The van der Waals surface area contributed by atoms with Crippen LogP contribution in [-0.4, -0.2) is 17.5 Å². The molecule has 0 heterocycles. The van der Waals surface area contributed by atoms with Crippen molar-refractivity contribution in [3.05, 3.63) is 46.2 Å². The number of nitriles is 1. The van der Waals surface area contributed by atoms with Crippen LogP contribution in [0.2, 0.25) is 0 Å². The number of nitro benzene ring substituents is 1. The van der Waals surface area contributed by atoms with Gasteiger partial charge >= 0.3 is 5.97 Å². The van der Waals surface area contributed by atoms with E-state index >= 15 is 0 Å². The molecule has 0 spiro atoms. The van der Waals surface area contributed by atoms with Crippen molar-refractivity contribution >= 4 is 17.3 Å². The summed E-state index contributed by atoms with van der Waals surface area (Å²) >= 11 is 0. The number of carbonyl (C=O) groups excluding carboxylic acids is 1. The lowest BCUT2D eigenvalue weighted by molar-refractivity contribution is -0.384. The first-order chi connectivity index (χ1) is 9.08. The monoisotopic (exact) mass is 261 g/mol. The molecule has 0 unspecified atom stereocenters. The van der Waals surface area contributed by atoms with Crippen molar-refractivity contribution in [3.63, 3.8) is 0 Å². The number of anilines is 1. The third-order valence-electron chi connectivity index (χ3n) is 2.06. The number of hydrogen-bond donors (Lipinski definition) is 1. The van der Waals surface area contributed by atoms with Crippen LogP contribution in [0.5, 0.6) is 0 Å². The van der Waals surface area contributed by atoms with E-state index in [4.69, 9.17) is 5.26 Å². The third kappa shape index (κ3) is 4.12. The van der Waals surface area contributed by atoms with Gasteiger partial charge in [-0.2, -0.15) is 5.26 Å². The van der Waals surface area contributed by atoms with Crippen LogP contribution in [0.1, 0.15) is 6.92 Å². The Morgan fingerprint density at radius 3 is 2.95 bits per heavy atom. The molecule has 1 aromatic rings. The summed E-state index contributed by atoms with van der Waals surface area (Å²) in [5.74, 6) is -0.747. The highest BCUT2D eigenvalue weighted by atomic mass is 16.6. The minimum absolute atomic E-state index is 0.0898. The lowest BCUT2D eigenvalue weighted by Gasteiger charge is -2.02. The number of carbonyl (C=O) groups is 1. The van der Waals surface area contributed by atoms with Crippen molar-refractivity contribution in [2.45, 2.75) is 6.92 Å². The second kappa shape index (κ2) is 6.76. The molecule has 0 aromatic heterocycles. The number of esters is 1. The second-order valence-electron chi connectivity index (χ2n) is 3.34. The maximum Gasteiger partial charge on any atom is 0.350 e. The van der Waals surface area contributed by atoms with Crippen molar-refractivity contribution < 1.29 is 14.5 Å². The maximum absolute atomic E-state index is 11.3. The zero-order valence-electron chi connectivity index (χ0n) is 10.1. The van der Waals surface area contributed by atoms with Gasteiger partial charge in [0.1, 0.15) is 6.07 Å². The predicted molar refractivity (Wildman–Crippen MR) is 67.0 cm³/mol. The first kappa shape index (κ1) is 14.2. The van der Waals surface area contributed by atoms with E-state index in [9.17, 15) is 14.9 Å². The van der Waals surface area contributed by atoms with Crippen molar-refractivity contribution in [1.29, 1.82) is 5.26 Å². The van der Waals surface area contributed by atoms with Gasteiger partial charge in [-0.3, -0.25) is 10.1 Å². The van der Waals surface area contributed by atoms with Crippen LogP contribution in [0.15, 0.2) is 36.0 Å². The number of nitro groups is 1. The van der Waals surface area contributed by atoms with Gasteiger partial charge in [0, 0.05) is 24.0 Å². The summed E-state index contributed by atoms with van der Waals surface area (Å²) in [7, 11) is 0. The summed E-state index contributed by atoms with van der Waals surface area (Å²) in [6.45, 7) is 1.79. The first-order valence-electron chi connectivity index (χ1n) is 5.37.